The lowest BCUT2D eigenvalue weighted by molar-refractivity contribution is -0.174. The Bertz CT molecular complexity index is 1340. The van der Waals surface area contributed by atoms with Crippen LogP contribution in [0.4, 0.5) is 0 Å². The maximum Gasteiger partial charge on any atom is 0.336 e. The van der Waals surface area contributed by atoms with Gasteiger partial charge in [-0.25, -0.2) is 4.79 Å². The number of likely N-dealkylation sites (tertiary alicyclic amines) is 2. The zero-order valence-electron chi connectivity index (χ0n) is 23.1. The molecule has 4 fully saturated rings. The minimum atomic E-state index is -1.22. The molecule has 1 aliphatic carbocycles. The molecule has 0 unspecified atom stereocenters. The molecule has 2 aromatic rings. The van der Waals surface area contributed by atoms with Crippen molar-refractivity contribution in [3.8, 4) is 0 Å². The van der Waals surface area contributed by atoms with Gasteiger partial charge in [0, 0.05) is 43.7 Å². The Balaban J connectivity index is 1.19. The van der Waals surface area contributed by atoms with E-state index in [1.165, 1.54) is 7.11 Å². The first kappa shape index (κ1) is 26.5. The van der Waals surface area contributed by atoms with Gasteiger partial charge in [0.1, 0.15) is 0 Å². The maximum atomic E-state index is 13.7. The van der Waals surface area contributed by atoms with Gasteiger partial charge in [0.15, 0.2) is 5.54 Å². The van der Waals surface area contributed by atoms with E-state index in [1.54, 1.807) is 22.0 Å². The largest absolute Gasteiger partial charge is 0.467 e. The number of nitrogens with one attached hydrogen (secondary N) is 1. The number of hydrogen-bond donors (Lipinski definition) is 1. The number of carbonyl (C=O) groups excluding carboxylic acids is 4. The second-order valence-corrected chi connectivity index (χ2v) is 12.5. The van der Waals surface area contributed by atoms with Gasteiger partial charge in [0.25, 0.3) is 5.91 Å². The van der Waals surface area contributed by atoms with E-state index in [2.05, 4.69) is 24.3 Å². The van der Waals surface area contributed by atoms with Crippen LogP contribution in [0.2, 0.25) is 0 Å². The Morgan fingerprint density at radius 1 is 1.05 bits per heavy atom. The molecule has 3 saturated heterocycles. The highest BCUT2D eigenvalue weighted by Gasteiger charge is 2.63. The molecule has 11 nitrogen and oxygen atoms in total. The van der Waals surface area contributed by atoms with Crippen molar-refractivity contribution in [2.75, 3.05) is 46.5 Å². The molecule has 40 heavy (non-hydrogen) atoms. The number of aromatic nitrogens is 2. The van der Waals surface area contributed by atoms with Crippen molar-refractivity contribution < 1.29 is 28.7 Å². The smallest absolute Gasteiger partial charge is 0.336 e. The number of ether oxygens (including phenoxy) is 2. The Hall–Kier alpha value is -3.73. The monoisotopic (exact) mass is 549 g/mol. The van der Waals surface area contributed by atoms with Crippen LogP contribution in [0.15, 0.2) is 42.7 Å². The molecule has 3 aliphatic heterocycles. The number of nitrogens with zero attached hydrogens (tertiary/aromatic N) is 4. The van der Waals surface area contributed by atoms with Gasteiger partial charge in [-0.3, -0.25) is 19.1 Å². The van der Waals surface area contributed by atoms with Crippen molar-refractivity contribution in [3.05, 3.63) is 53.9 Å². The predicted molar refractivity (Wildman–Crippen MR) is 142 cm³/mol. The quantitative estimate of drug-likeness (QED) is 0.510. The van der Waals surface area contributed by atoms with E-state index in [9.17, 15) is 19.2 Å². The lowest BCUT2D eigenvalue weighted by atomic mass is 9.70. The Morgan fingerprint density at radius 3 is 2.33 bits per heavy atom. The summed E-state index contributed by atoms with van der Waals surface area (Å²) >= 11 is 0. The first-order valence-corrected chi connectivity index (χ1v) is 13.7. The van der Waals surface area contributed by atoms with Gasteiger partial charge < -0.3 is 24.6 Å². The molecule has 4 aliphatic rings. The summed E-state index contributed by atoms with van der Waals surface area (Å²) in [5.74, 6) is -1.57. The summed E-state index contributed by atoms with van der Waals surface area (Å²) in [5, 5.41) is 7.24. The van der Waals surface area contributed by atoms with E-state index in [1.807, 2.05) is 35.2 Å². The molecule has 2 atom stereocenters. The van der Waals surface area contributed by atoms with E-state index < -0.39 is 22.8 Å². The lowest BCUT2D eigenvalue weighted by Gasteiger charge is -2.51. The zero-order chi connectivity index (χ0) is 28.3. The minimum absolute atomic E-state index is 0.00133. The summed E-state index contributed by atoms with van der Waals surface area (Å²) in [4.78, 5) is 56.3. The third-order valence-corrected chi connectivity index (χ3v) is 9.09. The van der Waals surface area contributed by atoms with Crippen LogP contribution in [0.1, 0.15) is 36.2 Å². The van der Waals surface area contributed by atoms with E-state index in [0.29, 0.717) is 31.7 Å². The Kier molecular flexibility index (Phi) is 6.25. The van der Waals surface area contributed by atoms with Crippen LogP contribution >= 0.6 is 0 Å². The summed E-state index contributed by atoms with van der Waals surface area (Å²) in [5.41, 5.74) is -0.293. The van der Waals surface area contributed by atoms with Gasteiger partial charge in [-0.15, -0.1) is 0 Å². The fourth-order valence-electron chi connectivity index (χ4n) is 6.36. The van der Waals surface area contributed by atoms with Crippen molar-refractivity contribution in [3.63, 3.8) is 0 Å². The van der Waals surface area contributed by atoms with Gasteiger partial charge in [-0.2, -0.15) is 5.10 Å². The van der Waals surface area contributed by atoms with Gasteiger partial charge in [0.2, 0.25) is 11.8 Å². The normalized spacial score (nSPS) is 25.1. The summed E-state index contributed by atoms with van der Waals surface area (Å²) in [6.45, 7) is 6.10. The second kappa shape index (κ2) is 9.43. The number of hydrogen-bond acceptors (Lipinski definition) is 7. The lowest BCUT2D eigenvalue weighted by Crippen LogP contribution is -2.70. The Labute approximate surface area is 232 Å². The van der Waals surface area contributed by atoms with Crippen LogP contribution in [-0.4, -0.2) is 95.3 Å². The second-order valence-electron chi connectivity index (χ2n) is 12.5. The van der Waals surface area contributed by atoms with Crippen LogP contribution in [-0.2, 0) is 30.4 Å². The molecular formula is C29H35N5O6. The highest BCUT2D eigenvalue weighted by atomic mass is 16.5. The summed E-state index contributed by atoms with van der Waals surface area (Å²) in [7, 11) is 1.28. The average molecular weight is 550 g/mol. The van der Waals surface area contributed by atoms with Crippen molar-refractivity contribution in [2.45, 2.75) is 32.4 Å². The molecule has 1 aromatic heterocycles. The third-order valence-electron chi connectivity index (χ3n) is 9.09. The number of methoxy groups -OCH3 is 1. The van der Waals surface area contributed by atoms with Crippen molar-refractivity contribution in [1.82, 2.24) is 24.9 Å². The van der Waals surface area contributed by atoms with Crippen molar-refractivity contribution in [2.24, 2.45) is 22.7 Å². The molecule has 1 N–H and O–H groups in total. The first-order valence-electron chi connectivity index (χ1n) is 13.7. The minimum Gasteiger partial charge on any atom is -0.467 e. The molecular weight excluding hydrogens is 514 g/mol. The third kappa shape index (κ3) is 4.46. The van der Waals surface area contributed by atoms with Crippen molar-refractivity contribution >= 4 is 23.7 Å². The first-order chi connectivity index (χ1) is 19.1. The SMILES string of the molecule is COC(=O)C1(NC(=O)[C@H]2CN(C(=O)c3cnn(Cc4ccccc4)c3)CC23CN(C(=O)[C@H]2CC2(C)C)C3)COC1. The molecule has 212 valence electrons. The summed E-state index contributed by atoms with van der Waals surface area (Å²) in [6, 6.07) is 9.85. The number of carbonyl (C=O) groups is 4. The topological polar surface area (TPSA) is 123 Å². The molecule has 0 bridgehead atoms. The molecule has 4 heterocycles. The van der Waals surface area contributed by atoms with Crippen LogP contribution in [0.25, 0.3) is 0 Å². The number of rotatable bonds is 7. The van der Waals surface area contributed by atoms with Crippen LogP contribution in [0.5, 0.6) is 0 Å². The highest BCUT2D eigenvalue weighted by Crippen LogP contribution is 2.54. The van der Waals surface area contributed by atoms with Gasteiger partial charge >= 0.3 is 5.97 Å². The molecule has 1 saturated carbocycles. The molecule has 1 aromatic carbocycles. The van der Waals surface area contributed by atoms with Gasteiger partial charge in [-0.1, -0.05) is 44.2 Å². The van der Waals surface area contributed by atoms with Gasteiger partial charge in [-0.05, 0) is 17.4 Å². The molecule has 3 amide bonds. The van der Waals surface area contributed by atoms with E-state index in [-0.39, 0.29) is 48.8 Å². The van der Waals surface area contributed by atoms with E-state index in [4.69, 9.17) is 9.47 Å². The Morgan fingerprint density at radius 2 is 1.73 bits per heavy atom. The van der Waals surface area contributed by atoms with E-state index >= 15 is 0 Å². The molecule has 6 rings (SSSR count). The molecule has 1 spiro atoms. The maximum absolute atomic E-state index is 13.7. The average Bonchev–Trinajstić information content (AvgIpc) is 3.24. The number of esters is 1. The van der Waals surface area contributed by atoms with Gasteiger partial charge in [0.05, 0.1) is 44.5 Å². The molecule has 11 heteroatoms. The predicted octanol–water partition coefficient (Wildman–Crippen LogP) is 0.936. The fraction of sp³-hybridized carbons (Fsp3) is 0.552. The van der Waals surface area contributed by atoms with Crippen LogP contribution in [0, 0.1) is 22.7 Å². The van der Waals surface area contributed by atoms with Crippen molar-refractivity contribution in [1.29, 1.82) is 0 Å². The van der Waals surface area contributed by atoms with E-state index in [0.717, 1.165) is 12.0 Å². The summed E-state index contributed by atoms with van der Waals surface area (Å²) in [6.07, 6.45) is 4.13. The molecule has 0 radical (unpaired) electrons. The standard InChI is InChI=1S/C29H35N5O6/c1-27(2)9-21(27)25(37)33-15-28(16-33)14-32(13-22(28)23(35)31-29(17-40-18-29)26(38)39-3)24(36)20-10-30-34(12-20)11-19-7-5-4-6-8-19/h4-8,10,12,21-22H,9,11,13-18H2,1-3H3,(H,31,35)/t21-,22-/m1/s1. The fourth-order valence-corrected chi connectivity index (χ4v) is 6.36. The zero-order valence-corrected chi connectivity index (χ0v) is 23.1. The number of amides is 3. The highest BCUT2D eigenvalue weighted by molar-refractivity contribution is 5.96. The summed E-state index contributed by atoms with van der Waals surface area (Å²) < 4.78 is 11.9. The van der Waals surface area contributed by atoms with Crippen LogP contribution < -0.4 is 5.32 Å². The number of benzene rings is 1. The van der Waals surface area contributed by atoms with Crippen LogP contribution in [0.3, 0.4) is 0 Å².